The molecule has 21 heavy (non-hydrogen) atoms. The second-order valence-corrected chi connectivity index (χ2v) is 5.45. The molecule has 0 atom stereocenters. The van der Waals surface area contributed by atoms with E-state index in [1.807, 2.05) is 26.8 Å². The van der Waals surface area contributed by atoms with E-state index in [1.165, 1.54) is 0 Å². The Kier molecular flexibility index (Phi) is 4.77. The molecule has 2 rings (SSSR count). The zero-order valence-electron chi connectivity index (χ0n) is 13.1. The van der Waals surface area contributed by atoms with Gasteiger partial charge in [0.15, 0.2) is 5.82 Å². The van der Waals surface area contributed by atoms with Crippen molar-refractivity contribution in [1.82, 2.24) is 19.1 Å². The van der Waals surface area contributed by atoms with Gasteiger partial charge >= 0.3 is 5.69 Å². The molecule has 0 fully saturated rings. The van der Waals surface area contributed by atoms with Crippen LogP contribution in [0.4, 0.5) is 5.82 Å². The van der Waals surface area contributed by atoms with Crippen LogP contribution in [0.2, 0.25) is 0 Å². The Hall–Kier alpha value is -2.11. The minimum atomic E-state index is -0.0295. The molecule has 2 aromatic rings. The number of anilines is 1. The van der Waals surface area contributed by atoms with Crippen molar-refractivity contribution in [3.63, 3.8) is 0 Å². The highest BCUT2D eigenvalue weighted by molar-refractivity contribution is 5.35. The fraction of sp³-hybridized carbons (Fsp3) is 0.533. The summed E-state index contributed by atoms with van der Waals surface area (Å²) in [5.74, 6) is 1.47. The lowest BCUT2D eigenvalue weighted by Crippen LogP contribution is -2.26. The summed E-state index contributed by atoms with van der Waals surface area (Å²) < 4.78 is 3.34. The van der Waals surface area contributed by atoms with E-state index in [-0.39, 0.29) is 11.7 Å². The largest absolute Gasteiger partial charge is 0.370 e. The van der Waals surface area contributed by atoms with Crippen molar-refractivity contribution in [2.75, 3.05) is 11.9 Å². The second kappa shape index (κ2) is 6.56. The molecule has 6 heteroatoms. The summed E-state index contributed by atoms with van der Waals surface area (Å²) in [7, 11) is 0. The van der Waals surface area contributed by atoms with E-state index in [1.54, 1.807) is 21.5 Å². The van der Waals surface area contributed by atoms with Gasteiger partial charge in [-0.2, -0.15) is 0 Å². The summed E-state index contributed by atoms with van der Waals surface area (Å²) in [6, 6.07) is 2.07. The molecule has 0 bridgehead atoms. The number of nitrogens with one attached hydrogen (secondary N) is 1. The van der Waals surface area contributed by atoms with Gasteiger partial charge in [-0.15, -0.1) is 0 Å². The molecule has 0 spiro atoms. The lowest BCUT2D eigenvalue weighted by Gasteiger charge is -2.08. The van der Waals surface area contributed by atoms with E-state index in [9.17, 15) is 4.79 Å². The molecule has 0 aliphatic carbocycles. The molecule has 0 aromatic carbocycles. The monoisotopic (exact) mass is 289 g/mol. The molecular formula is C15H23N5O. The highest BCUT2D eigenvalue weighted by Crippen LogP contribution is 2.07. The molecule has 0 aliphatic rings. The molecule has 0 aliphatic heterocycles. The van der Waals surface area contributed by atoms with Crippen molar-refractivity contribution >= 4 is 5.82 Å². The maximum Gasteiger partial charge on any atom is 0.328 e. The van der Waals surface area contributed by atoms with Crippen LogP contribution in [0.25, 0.3) is 0 Å². The third kappa shape index (κ3) is 3.71. The predicted octanol–water partition coefficient (Wildman–Crippen LogP) is 2.20. The number of aryl methyl sites for hydroxylation is 1. The van der Waals surface area contributed by atoms with Gasteiger partial charge in [0, 0.05) is 36.7 Å². The standard InChI is InChI=1S/C15H23N5O/c1-5-6-16-13-9-12(4)17-14(18-13)10-19-7-8-20(11(2)3)15(19)21/h7-9,11H,5-6,10H2,1-4H3,(H,16,17,18). The lowest BCUT2D eigenvalue weighted by atomic mass is 10.4. The molecule has 6 nitrogen and oxygen atoms in total. The predicted molar refractivity (Wildman–Crippen MR) is 83.7 cm³/mol. The Morgan fingerprint density at radius 3 is 2.67 bits per heavy atom. The number of hydrogen-bond donors (Lipinski definition) is 1. The molecule has 1 N–H and O–H groups in total. The second-order valence-electron chi connectivity index (χ2n) is 5.45. The summed E-state index contributed by atoms with van der Waals surface area (Å²) in [5.41, 5.74) is 0.869. The zero-order chi connectivity index (χ0) is 15.4. The maximum atomic E-state index is 12.2. The first kappa shape index (κ1) is 15.3. The van der Waals surface area contributed by atoms with Crippen LogP contribution >= 0.6 is 0 Å². The topological polar surface area (TPSA) is 64.7 Å². The number of imidazole rings is 1. The first-order valence-electron chi connectivity index (χ1n) is 7.37. The van der Waals surface area contributed by atoms with Gasteiger partial charge in [0.2, 0.25) is 0 Å². The minimum absolute atomic E-state index is 0.0295. The summed E-state index contributed by atoms with van der Waals surface area (Å²) in [4.78, 5) is 21.1. The van der Waals surface area contributed by atoms with Crippen molar-refractivity contribution in [2.45, 2.75) is 46.7 Å². The molecule has 0 radical (unpaired) electrons. The number of aromatic nitrogens is 4. The van der Waals surface area contributed by atoms with Crippen LogP contribution in [0.3, 0.4) is 0 Å². The molecular weight excluding hydrogens is 266 g/mol. The van der Waals surface area contributed by atoms with Gasteiger partial charge in [-0.05, 0) is 27.2 Å². The van der Waals surface area contributed by atoms with Crippen LogP contribution in [0.15, 0.2) is 23.3 Å². The Balaban J connectivity index is 2.23. The van der Waals surface area contributed by atoms with Crippen LogP contribution < -0.4 is 11.0 Å². The van der Waals surface area contributed by atoms with Crippen LogP contribution in [0.1, 0.15) is 44.8 Å². The highest BCUT2D eigenvalue weighted by atomic mass is 16.1. The molecule has 0 amide bonds. The Morgan fingerprint density at radius 1 is 1.29 bits per heavy atom. The number of nitrogens with zero attached hydrogens (tertiary/aromatic N) is 4. The Bertz CT molecular complexity index is 656. The van der Waals surface area contributed by atoms with Crippen molar-refractivity contribution in [3.05, 3.63) is 40.5 Å². The van der Waals surface area contributed by atoms with E-state index in [4.69, 9.17) is 0 Å². The van der Waals surface area contributed by atoms with Gasteiger partial charge < -0.3 is 5.32 Å². The molecule has 2 aromatic heterocycles. The van der Waals surface area contributed by atoms with Gasteiger partial charge in [-0.25, -0.2) is 14.8 Å². The van der Waals surface area contributed by atoms with Crippen molar-refractivity contribution in [2.24, 2.45) is 0 Å². The van der Waals surface area contributed by atoms with E-state index in [2.05, 4.69) is 22.2 Å². The quantitative estimate of drug-likeness (QED) is 0.885. The summed E-state index contributed by atoms with van der Waals surface area (Å²) in [5, 5.41) is 3.26. The van der Waals surface area contributed by atoms with Crippen molar-refractivity contribution < 1.29 is 0 Å². The zero-order valence-corrected chi connectivity index (χ0v) is 13.1. The summed E-state index contributed by atoms with van der Waals surface area (Å²) >= 11 is 0. The third-order valence-corrected chi connectivity index (χ3v) is 3.20. The third-order valence-electron chi connectivity index (χ3n) is 3.20. The van der Waals surface area contributed by atoms with Crippen molar-refractivity contribution in [3.8, 4) is 0 Å². The molecule has 0 saturated heterocycles. The first-order chi connectivity index (χ1) is 10.0. The van der Waals surface area contributed by atoms with Crippen LogP contribution in [-0.2, 0) is 6.54 Å². The maximum absolute atomic E-state index is 12.2. The summed E-state index contributed by atoms with van der Waals surface area (Å²) in [6.45, 7) is 9.28. The van der Waals surface area contributed by atoms with Crippen LogP contribution in [0.5, 0.6) is 0 Å². The average Bonchev–Trinajstić information content (AvgIpc) is 2.77. The Morgan fingerprint density at radius 2 is 2.05 bits per heavy atom. The van der Waals surface area contributed by atoms with E-state index in [0.29, 0.717) is 12.4 Å². The van der Waals surface area contributed by atoms with E-state index >= 15 is 0 Å². The molecule has 114 valence electrons. The van der Waals surface area contributed by atoms with Gasteiger partial charge in [0.1, 0.15) is 5.82 Å². The smallest absolute Gasteiger partial charge is 0.328 e. The number of rotatable bonds is 6. The highest BCUT2D eigenvalue weighted by Gasteiger charge is 2.09. The van der Waals surface area contributed by atoms with Gasteiger partial charge in [-0.3, -0.25) is 9.13 Å². The lowest BCUT2D eigenvalue weighted by molar-refractivity contribution is 0.558. The van der Waals surface area contributed by atoms with Gasteiger partial charge in [0.25, 0.3) is 0 Å². The Labute approximate surface area is 124 Å². The van der Waals surface area contributed by atoms with E-state index in [0.717, 1.165) is 24.5 Å². The van der Waals surface area contributed by atoms with Crippen molar-refractivity contribution in [1.29, 1.82) is 0 Å². The molecule has 0 unspecified atom stereocenters. The average molecular weight is 289 g/mol. The summed E-state index contributed by atoms with van der Waals surface area (Å²) in [6.07, 6.45) is 4.63. The SMILES string of the molecule is CCCNc1cc(C)nc(Cn2ccn(C(C)C)c2=O)n1. The first-order valence-corrected chi connectivity index (χ1v) is 7.37. The fourth-order valence-electron chi connectivity index (χ4n) is 2.14. The normalized spacial score (nSPS) is 11.1. The number of hydrogen-bond acceptors (Lipinski definition) is 4. The van der Waals surface area contributed by atoms with Crippen LogP contribution in [-0.4, -0.2) is 25.6 Å². The minimum Gasteiger partial charge on any atom is -0.370 e. The van der Waals surface area contributed by atoms with Gasteiger partial charge in [0.05, 0.1) is 6.54 Å². The molecule has 2 heterocycles. The van der Waals surface area contributed by atoms with Gasteiger partial charge in [-0.1, -0.05) is 6.92 Å². The van der Waals surface area contributed by atoms with Crippen LogP contribution in [0, 0.1) is 6.92 Å². The fourth-order valence-corrected chi connectivity index (χ4v) is 2.14. The molecule has 0 saturated carbocycles. The van der Waals surface area contributed by atoms with E-state index < -0.39 is 0 Å².